The zero-order valence-corrected chi connectivity index (χ0v) is 56.0. The van der Waals surface area contributed by atoms with Gasteiger partial charge in [-0.1, -0.05) is 501 Å². The van der Waals surface area contributed by atoms with Crippen molar-refractivity contribution in [3.8, 4) is 0 Å². The fraction of sp³-hybridized carbons (Fsp3) is 1.00. The van der Waals surface area contributed by atoms with Gasteiger partial charge in [-0.25, -0.2) is 0 Å². The summed E-state index contributed by atoms with van der Waals surface area (Å²) in [5, 5.41) is 0. The minimum atomic E-state index is 1.10. The van der Waals surface area contributed by atoms with Crippen LogP contribution in [0.15, 0.2) is 0 Å². The van der Waals surface area contributed by atoms with Crippen LogP contribution in [-0.2, 0) is 0 Å². The van der Waals surface area contributed by atoms with Crippen molar-refractivity contribution in [2.75, 3.05) is 0 Å². The molecule has 0 unspecified atom stereocenters. The van der Waals surface area contributed by atoms with E-state index in [1.165, 1.54) is 475 Å². The molecule has 1 saturated carbocycles. The normalized spacial score (nSPS) is 13.2. The van der Waals surface area contributed by atoms with E-state index in [1.54, 1.807) is 19.3 Å². The number of rotatable bonds is 72. The second kappa shape index (κ2) is 72.3. The Bertz CT molecular complexity index is 1010. The third-order valence-electron chi connectivity index (χ3n) is 19.9. The first-order chi connectivity index (χ1) is 39.4. The van der Waals surface area contributed by atoms with Crippen molar-refractivity contribution in [3.63, 3.8) is 0 Å². The van der Waals surface area contributed by atoms with Gasteiger partial charge in [0.2, 0.25) is 0 Å². The predicted molar refractivity (Wildman–Crippen MR) is 365 cm³/mol. The van der Waals surface area contributed by atoms with Gasteiger partial charge in [0.1, 0.15) is 0 Å². The Kier molecular flexibility index (Phi) is 70.4. The summed E-state index contributed by atoms with van der Waals surface area (Å²) in [6, 6.07) is 0. The Morgan fingerprint density at radius 1 is 0.139 bits per heavy atom. The maximum Gasteiger partial charge on any atom is -0.0414 e. The smallest absolute Gasteiger partial charge is 0.0414 e. The van der Waals surface area contributed by atoms with Crippen LogP contribution in [-0.4, -0.2) is 0 Å². The Balaban J connectivity index is 1.58. The molecule has 1 fully saturated rings. The molecule has 0 aromatic rings. The van der Waals surface area contributed by atoms with Gasteiger partial charge in [-0.2, -0.15) is 0 Å². The zero-order valence-electron chi connectivity index (χ0n) is 56.0. The highest BCUT2D eigenvalue weighted by atomic mass is 14.2. The molecule has 0 aliphatic heterocycles. The lowest BCUT2D eigenvalue weighted by Gasteiger charge is -2.21. The van der Waals surface area contributed by atoms with Crippen LogP contribution < -0.4 is 0 Å². The van der Waals surface area contributed by atoms with Crippen LogP contribution in [0.4, 0.5) is 0 Å². The molecule has 0 radical (unpaired) electrons. The Morgan fingerprint density at radius 3 is 0.380 bits per heavy atom. The third-order valence-corrected chi connectivity index (χ3v) is 19.9. The summed E-state index contributed by atoms with van der Waals surface area (Å²) in [6.07, 6.45) is 115. The van der Waals surface area contributed by atoms with E-state index in [4.69, 9.17) is 0 Å². The highest BCUT2D eigenvalue weighted by Gasteiger charge is 2.12. The molecule has 1 aliphatic rings. The summed E-state index contributed by atoms with van der Waals surface area (Å²) in [5.41, 5.74) is 0. The van der Waals surface area contributed by atoms with E-state index in [9.17, 15) is 0 Å². The summed E-state index contributed by atoms with van der Waals surface area (Å²) >= 11 is 0. The lowest BCUT2D eigenvalue weighted by molar-refractivity contribution is 0.328. The fourth-order valence-corrected chi connectivity index (χ4v) is 14.2. The largest absolute Gasteiger partial charge is 0.0654 e. The molecule has 1 aliphatic carbocycles. The Labute approximate surface area is 504 Å². The van der Waals surface area contributed by atoms with Crippen LogP contribution in [0.5, 0.6) is 0 Å². The quantitative estimate of drug-likeness (QED) is 0.0533. The summed E-state index contributed by atoms with van der Waals surface area (Å²) in [4.78, 5) is 0. The lowest BCUT2D eigenvalue weighted by atomic mass is 9.85. The highest BCUT2D eigenvalue weighted by molar-refractivity contribution is 4.66. The lowest BCUT2D eigenvalue weighted by Crippen LogP contribution is -2.05. The molecule has 0 aromatic heterocycles. The molecule has 474 valence electrons. The third kappa shape index (κ3) is 68.7. The number of unbranched alkanes of at least 4 members (excludes halogenated alkanes) is 70. The summed E-state index contributed by atoms with van der Waals surface area (Å²) in [6.45, 7) is 2.32. The van der Waals surface area contributed by atoms with Crippen molar-refractivity contribution in [2.24, 2.45) is 5.92 Å². The average molecular weight is 1110 g/mol. The molecular weight excluding hydrogens is 949 g/mol. The maximum absolute atomic E-state index is 2.32. The average Bonchev–Trinajstić information content (AvgIpc) is 3.46. The number of hydrogen-bond acceptors (Lipinski definition) is 0. The Morgan fingerprint density at radius 2 is 0.253 bits per heavy atom. The van der Waals surface area contributed by atoms with Crippen LogP contribution in [0.2, 0.25) is 0 Å². The molecule has 0 nitrogen and oxygen atoms in total. The summed E-state index contributed by atoms with van der Waals surface area (Å²) < 4.78 is 0. The molecule has 0 heterocycles. The first-order valence-corrected chi connectivity index (χ1v) is 39.4. The Hall–Kier alpha value is 0. The van der Waals surface area contributed by atoms with Crippen molar-refractivity contribution in [3.05, 3.63) is 0 Å². The SMILES string of the molecule is CCCCCCCCCCCCCCCCCCCCCCCCCCCCCCCCCCCCCCCCCCCCCCCCCCCCCCCCCCCCCCCCCCCCCCCCCC1CCCCC1. The van der Waals surface area contributed by atoms with Gasteiger partial charge in [-0.3, -0.25) is 0 Å². The molecule has 0 amide bonds. The standard InChI is InChI=1S/C79H158/c1-2-3-4-5-6-7-8-9-10-11-12-13-14-15-16-17-18-19-20-21-22-23-24-25-26-27-28-29-30-31-32-33-34-35-36-37-38-39-40-41-42-43-44-45-46-47-48-49-50-51-52-53-54-55-56-57-58-59-60-61-62-63-64-65-66-67-68-69-70-71-73-76-79-77-74-72-75-78-79/h79H,2-78H2,1H3. The van der Waals surface area contributed by atoms with Crippen LogP contribution in [0, 0.1) is 5.92 Å². The molecule has 79 heavy (non-hydrogen) atoms. The van der Waals surface area contributed by atoms with Crippen LogP contribution in [0.25, 0.3) is 0 Å². The van der Waals surface area contributed by atoms with E-state index in [0.29, 0.717) is 0 Å². The number of hydrogen-bond donors (Lipinski definition) is 0. The monoisotopic (exact) mass is 1110 g/mol. The van der Waals surface area contributed by atoms with E-state index in [0.717, 1.165) is 5.92 Å². The van der Waals surface area contributed by atoms with E-state index < -0.39 is 0 Å². The molecule has 1 rings (SSSR count). The fourth-order valence-electron chi connectivity index (χ4n) is 14.2. The van der Waals surface area contributed by atoms with Gasteiger partial charge in [-0.05, 0) is 5.92 Å². The second-order valence-electron chi connectivity index (χ2n) is 28.0. The van der Waals surface area contributed by atoms with Crippen molar-refractivity contribution >= 4 is 0 Å². The molecule has 0 atom stereocenters. The van der Waals surface area contributed by atoms with Crippen molar-refractivity contribution in [1.29, 1.82) is 0 Å². The van der Waals surface area contributed by atoms with Crippen molar-refractivity contribution < 1.29 is 0 Å². The van der Waals surface area contributed by atoms with Gasteiger partial charge >= 0.3 is 0 Å². The summed E-state index contributed by atoms with van der Waals surface area (Å²) in [7, 11) is 0. The molecule has 0 N–H and O–H groups in total. The molecule has 0 bridgehead atoms. The predicted octanol–water partition coefficient (Wildman–Crippen LogP) is 30.7. The topological polar surface area (TPSA) is 0 Å². The van der Waals surface area contributed by atoms with Crippen molar-refractivity contribution in [1.82, 2.24) is 0 Å². The van der Waals surface area contributed by atoms with E-state index in [2.05, 4.69) is 6.92 Å². The van der Waals surface area contributed by atoms with Gasteiger partial charge in [0, 0.05) is 0 Å². The van der Waals surface area contributed by atoms with Gasteiger partial charge in [-0.15, -0.1) is 0 Å². The minimum Gasteiger partial charge on any atom is -0.0654 e. The first-order valence-electron chi connectivity index (χ1n) is 39.4. The minimum absolute atomic E-state index is 1.10. The van der Waals surface area contributed by atoms with Gasteiger partial charge in [0.15, 0.2) is 0 Å². The van der Waals surface area contributed by atoms with Gasteiger partial charge in [0.25, 0.3) is 0 Å². The van der Waals surface area contributed by atoms with Crippen LogP contribution in [0.3, 0.4) is 0 Å². The van der Waals surface area contributed by atoms with Crippen LogP contribution in [0.1, 0.15) is 501 Å². The highest BCUT2D eigenvalue weighted by Crippen LogP contribution is 2.28. The van der Waals surface area contributed by atoms with E-state index in [-0.39, 0.29) is 0 Å². The molecule has 0 spiro atoms. The van der Waals surface area contributed by atoms with Gasteiger partial charge < -0.3 is 0 Å². The molecule has 0 heteroatoms. The van der Waals surface area contributed by atoms with E-state index >= 15 is 0 Å². The second-order valence-corrected chi connectivity index (χ2v) is 28.0. The van der Waals surface area contributed by atoms with Gasteiger partial charge in [0.05, 0.1) is 0 Å². The first kappa shape index (κ1) is 77.0. The maximum atomic E-state index is 2.32. The van der Waals surface area contributed by atoms with E-state index in [1.807, 2.05) is 0 Å². The summed E-state index contributed by atoms with van der Waals surface area (Å²) in [5.74, 6) is 1.10. The molecule has 0 aromatic carbocycles. The molecule has 0 saturated heterocycles. The molecular formula is C79H158. The van der Waals surface area contributed by atoms with Crippen LogP contribution >= 0.6 is 0 Å². The zero-order chi connectivity index (χ0) is 56.0. The van der Waals surface area contributed by atoms with Crippen molar-refractivity contribution in [2.45, 2.75) is 501 Å².